The van der Waals surface area contributed by atoms with Gasteiger partial charge < -0.3 is 10.3 Å². The molecule has 1 saturated carbocycles. The van der Waals surface area contributed by atoms with Gasteiger partial charge in [-0.05, 0) is 63.3 Å². The van der Waals surface area contributed by atoms with Crippen LogP contribution < -0.4 is 10.2 Å². The molecule has 0 radical (unpaired) electrons. The number of hydrogen-bond donors (Lipinski definition) is 2. The first-order valence-corrected chi connectivity index (χ1v) is 12.0. The normalized spacial score (nSPS) is 15.5. The molecule has 3 aromatic rings. The van der Waals surface area contributed by atoms with E-state index in [0.717, 1.165) is 0 Å². The lowest BCUT2D eigenvalue weighted by Gasteiger charge is -2.33. The Morgan fingerprint density at radius 1 is 1.03 bits per heavy atom. The lowest BCUT2D eigenvalue weighted by molar-refractivity contribution is -0.123. The fourth-order valence-corrected chi connectivity index (χ4v) is 4.62. The molecular weight excluding hydrogens is 426 g/mol. The number of amides is 2. The maximum absolute atomic E-state index is 13.7. The molecule has 1 unspecified atom stereocenters. The van der Waals surface area contributed by atoms with E-state index >= 15 is 0 Å². The zero-order valence-corrected chi connectivity index (χ0v) is 20.1. The molecule has 1 aromatic carbocycles. The largest absolute Gasteiger partial charge is 0.349 e. The molecule has 1 aliphatic rings. The number of aromatic nitrogens is 3. The summed E-state index contributed by atoms with van der Waals surface area (Å²) in [5.74, 6) is -0.0524. The fourth-order valence-electron chi connectivity index (χ4n) is 4.62. The molecule has 1 aliphatic carbocycles. The molecule has 178 valence electrons. The third-order valence-corrected chi connectivity index (χ3v) is 6.20. The molecular formula is C27H33N5O2. The van der Waals surface area contributed by atoms with E-state index in [1.807, 2.05) is 39.0 Å². The monoisotopic (exact) mass is 459 g/mol. The van der Waals surface area contributed by atoms with Crippen molar-refractivity contribution in [3.05, 3.63) is 78.1 Å². The van der Waals surface area contributed by atoms with E-state index in [1.165, 1.54) is 55.1 Å². The maximum Gasteiger partial charge on any atom is 0.277 e. The molecule has 4 rings (SSSR count). The van der Waals surface area contributed by atoms with Crippen LogP contribution in [0.5, 0.6) is 0 Å². The minimum atomic E-state index is -0.899. The number of nitrogens with zero attached hydrogens (tertiary/aromatic N) is 3. The summed E-state index contributed by atoms with van der Waals surface area (Å²) in [6.07, 6.45) is 12.4. The highest BCUT2D eigenvalue weighted by Gasteiger charge is 2.35. The number of carbonyl (C=O) groups is 2. The summed E-state index contributed by atoms with van der Waals surface area (Å²) >= 11 is 0. The van der Waals surface area contributed by atoms with E-state index < -0.39 is 11.6 Å². The summed E-state index contributed by atoms with van der Waals surface area (Å²) < 4.78 is 0. The predicted molar refractivity (Wildman–Crippen MR) is 133 cm³/mol. The lowest BCUT2D eigenvalue weighted by atomic mass is 9.84. The average molecular weight is 460 g/mol. The number of pyridine rings is 1. The van der Waals surface area contributed by atoms with E-state index in [-0.39, 0.29) is 11.8 Å². The number of nitrogens with one attached hydrogen (secondary N) is 2. The second-order valence-corrected chi connectivity index (χ2v) is 10.00. The molecule has 2 N–H and O–H groups in total. The van der Waals surface area contributed by atoms with Gasteiger partial charge in [0.2, 0.25) is 5.91 Å². The first-order valence-electron chi connectivity index (χ1n) is 12.0. The predicted octanol–water partition coefficient (Wildman–Crippen LogP) is 5.16. The first kappa shape index (κ1) is 23.7. The van der Waals surface area contributed by atoms with Gasteiger partial charge >= 0.3 is 0 Å². The van der Waals surface area contributed by atoms with Gasteiger partial charge in [-0.3, -0.25) is 19.5 Å². The third-order valence-electron chi connectivity index (χ3n) is 6.20. The SMILES string of the molecule is CC(C)(C)NC(=O)C(c1cccnc1)N(C(=O)c1cnc[nH]1)c1ccc(C2CCCCC2)cc1. The summed E-state index contributed by atoms with van der Waals surface area (Å²) in [4.78, 5) is 40.0. The molecule has 1 fully saturated rings. The van der Waals surface area contributed by atoms with Crippen LogP contribution >= 0.6 is 0 Å². The van der Waals surface area contributed by atoms with Gasteiger partial charge in [-0.15, -0.1) is 0 Å². The Hall–Kier alpha value is -3.48. The van der Waals surface area contributed by atoms with E-state index in [1.54, 1.807) is 18.5 Å². The van der Waals surface area contributed by atoms with Gasteiger partial charge in [0.25, 0.3) is 5.91 Å². The summed E-state index contributed by atoms with van der Waals surface area (Å²) in [6.45, 7) is 5.77. The second kappa shape index (κ2) is 10.2. The Bertz CT molecular complexity index is 1080. The molecule has 7 heteroatoms. The molecule has 7 nitrogen and oxygen atoms in total. The zero-order valence-electron chi connectivity index (χ0n) is 20.1. The lowest BCUT2D eigenvalue weighted by Crippen LogP contribution is -2.49. The van der Waals surface area contributed by atoms with Crippen LogP contribution in [-0.2, 0) is 4.79 Å². The van der Waals surface area contributed by atoms with Crippen LogP contribution in [0.2, 0.25) is 0 Å². The van der Waals surface area contributed by atoms with Crippen LogP contribution in [-0.4, -0.2) is 32.3 Å². The Balaban J connectivity index is 1.77. The Labute approximate surface area is 201 Å². The first-order chi connectivity index (χ1) is 16.3. The number of aromatic amines is 1. The van der Waals surface area contributed by atoms with Crippen molar-refractivity contribution in [2.45, 2.75) is 70.4 Å². The molecule has 0 spiro atoms. The van der Waals surface area contributed by atoms with Gasteiger partial charge in [-0.2, -0.15) is 0 Å². The van der Waals surface area contributed by atoms with Crippen molar-refractivity contribution in [3.8, 4) is 0 Å². The van der Waals surface area contributed by atoms with Gasteiger partial charge in [-0.1, -0.05) is 37.5 Å². The second-order valence-electron chi connectivity index (χ2n) is 10.00. The average Bonchev–Trinajstić information content (AvgIpc) is 3.37. The summed E-state index contributed by atoms with van der Waals surface area (Å²) in [7, 11) is 0. The molecule has 2 aromatic heterocycles. The minimum Gasteiger partial charge on any atom is -0.349 e. The number of H-pyrrole nitrogens is 1. The summed E-state index contributed by atoms with van der Waals surface area (Å²) in [5.41, 5.74) is 2.42. The van der Waals surface area contributed by atoms with Gasteiger partial charge in [0.05, 0.1) is 12.5 Å². The van der Waals surface area contributed by atoms with E-state index in [9.17, 15) is 9.59 Å². The standard InChI is InChI=1S/C27H33N5O2/c1-27(2,3)31-25(33)24(21-10-7-15-28-16-21)32(26(34)23-17-29-18-30-23)22-13-11-20(12-14-22)19-8-5-4-6-9-19/h7,10-19,24H,4-6,8-9H2,1-3H3,(H,29,30)(H,31,33). The Morgan fingerprint density at radius 3 is 2.35 bits per heavy atom. The number of imidazole rings is 1. The number of hydrogen-bond acceptors (Lipinski definition) is 4. The highest BCUT2D eigenvalue weighted by Crippen LogP contribution is 2.35. The van der Waals surface area contributed by atoms with Crippen LogP contribution in [0.3, 0.4) is 0 Å². The third kappa shape index (κ3) is 5.53. The highest BCUT2D eigenvalue weighted by molar-refractivity contribution is 6.09. The molecule has 0 aliphatic heterocycles. The number of carbonyl (C=O) groups excluding carboxylic acids is 2. The van der Waals surface area contributed by atoms with E-state index in [2.05, 4.69) is 32.4 Å². The fraction of sp³-hybridized carbons (Fsp3) is 0.407. The van der Waals surface area contributed by atoms with Crippen molar-refractivity contribution >= 4 is 17.5 Å². The smallest absolute Gasteiger partial charge is 0.277 e. The van der Waals surface area contributed by atoms with Gasteiger partial charge in [0.1, 0.15) is 11.7 Å². The Kier molecular flexibility index (Phi) is 7.10. The molecule has 0 saturated heterocycles. The van der Waals surface area contributed by atoms with Crippen molar-refractivity contribution in [1.29, 1.82) is 0 Å². The molecule has 2 heterocycles. The summed E-state index contributed by atoms with van der Waals surface area (Å²) in [5, 5.41) is 3.04. The minimum absolute atomic E-state index is 0.273. The molecule has 2 amide bonds. The summed E-state index contributed by atoms with van der Waals surface area (Å²) in [6, 6.07) is 10.8. The van der Waals surface area contributed by atoms with Crippen LogP contribution in [0.4, 0.5) is 5.69 Å². The number of benzene rings is 1. The zero-order chi connectivity index (χ0) is 24.1. The van der Waals surface area contributed by atoms with E-state index in [0.29, 0.717) is 22.9 Å². The van der Waals surface area contributed by atoms with Crippen molar-refractivity contribution in [2.24, 2.45) is 0 Å². The van der Waals surface area contributed by atoms with Crippen molar-refractivity contribution < 1.29 is 9.59 Å². The van der Waals surface area contributed by atoms with Crippen LogP contribution in [0, 0.1) is 0 Å². The maximum atomic E-state index is 13.7. The van der Waals surface area contributed by atoms with Gasteiger partial charge in [0, 0.05) is 29.2 Å². The van der Waals surface area contributed by atoms with Crippen LogP contribution in [0.1, 0.15) is 86.5 Å². The number of anilines is 1. The number of rotatable bonds is 6. The van der Waals surface area contributed by atoms with Crippen LogP contribution in [0.25, 0.3) is 0 Å². The van der Waals surface area contributed by atoms with Crippen LogP contribution in [0.15, 0.2) is 61.3 Å². The van der Waals surface area contributed by atoms with Crippen molar-refractivity contribution in [1.82, 2.24) is 20.3 Å². The Morgan fingerprint density at radius 2 is 1.76 bits per heavy atom. The van der Waals surface area contributed by atoms with Crippen molar-refractivity contribution in [3.63, 3.8) is 0 Å². The highest BCUT2D eigenvalue weighted by atomic mass is 16.2. The van der Waals surface area contributed by atoms with Gasteiger partial charge in [0.15, 0.2) is 0 Å². The topological polar surface area (TPSA) is 91.0 Å². The van der Waals surface area contributed by atoms with Gasteiger partial charge in [-0.25, -0.2) is 4.98 Å². The molecule has 34 heavy (non-hydrogen) atoms. The molecule has 0 bridgehead atoms. The van der Waals surface area contributed by atoms with Crippen molar-refractivity contribution in [2.75, 3.05) is 4.90 Å². The molecule has 1 atom stereocenters. The van der Waals surface area contributed by atoms with E-state index in [4.69, 9.17) is 0 Å². The quantitative estimate of drug-likeness (QED) is 0.533.